The Hall–Kier alpha value is -1.43. The van der Waals surface area contributed by atoms with Gasteiger partial charge in [-0.2, -0.15) is 4.98 Å². The predicted molar refractivity (Wildman–Crippen MR) is 68.9 cm³/mol. The van der Waals surface area contributed by atoms with Gasteiger partial charge in [0.2, 0.25) is 5.62 Å². The predicted octanol–water partition coefficient (Wildman–Crippen LogP) is 1.49. The molecule has 0 bridgehead atoms. The lowest BCUT2D eigenvalue weighted by molar-refractivity contribution is 0.774. The summed E-state index contributed by atoms with van der Waals surface area (Å²) in [5.74, 6) is 2.02. The number of nitrogens with one attached hydrogen (secondary N) is 1. The van der Waals surface area contributed by atoms with E-state index in [9.17, 15) is 0 Å². The molecular formula is C11H12BrN5. The van der Waals surface area contributed by atoms with E-state index in [2.05, 4.69) is 40.8 Å². The van der Waals surface area contributed by atoms with Crippen molar-refractivity contribution in [1.29, 1.82) is 0 Å². The van der Waals surface area contributed by atoms with E-state index in [1.807, 2.05) is 19.2 Å². The van der Waals surface area contributed by atoms with Gasteiger partial charge in [-0.3, -0.25) is 0 Å². The third-order valence-corrected chi connectivity index (χ3v) is 3.35. The summed E-state index contributed by atoms with van der Waals surface area (Å²) in [6, 6.07) is 2.04. The van der Waals surface area contributed by atoms with Crippen LogP contribution in [-0.4, -0.2) is 27.6 Å². The zero-order valence-corrected chi connectivity index (χ0v) is 11.0. The molecule has 0 amide bonds. The molecule has 6 heteroatoms. The zero-order chi connectivity index (χ0) is 11.8. The standard InChI is InChI=1S/C11H12BrN5/c1-2-13-11-15-6-7-5-8(12)10-14-3-4-17(10)9(7)16-11/h5-6,14H,2-4H2,1H3. The van der Waals surface area contributed by atoms with Crippen LogP contribution in [0, 0.1) is 0 Å². The van der Waals surface area contributed by atoms with Gasteiger partial charge in [0.05, 0.1) is 4.47 Å². The molecule has 17 heavy (non-hydrogen) atoms. The quantitative estimate of drug-likeness (QED) is 0.867. The van der Waals surface area contributed by atoms with Crippen molar-refractivity contribution in [1.82, 2.24) is 14.5 Å². The average molecular weight is 294 g/mol. The zero-order valence-electron chi connectivity index (χ0n) is 9.44. The minimum absolute atomic E-state index is 0.559. The number of nitrogens with zero attached hydrogens (tertiary/aromatic N) is 4. The second kappa shape index (κ2) is 4.10. The lowest BCUT2D eigenvalue weighted by atomic mass is 10.2. The van der Waals surface area contributed by atoms with Crippen molar-refractivity contribution in [2.24, 2.45) is 4.99 Å². The molecule has 0 aromatic rings. The van der Waals surface area contributed by atoms with Gasteiger partial charge in [0.1, 0.15) is 11.6 Å². The smallest absolute Gasteiger partial charge is 0.246 e. The lowest BCUT2D eigenvalue weighted by Gasteiger charge is -2.13. The Morgan fingerprint density at radius 1 is 1.59 bits per heavy atom. The second-order valence-corrected chi connectivity index (χ2v) is 4.70. The van der Waals surface area contributed by atoms with Gasteiger partial charge in [-0.1, -0.05) is 0 Å². The summed E-state index contributed by atoms with van der Waals surface area (Å²) in [4.78, 5) is 13.0. The summed E-state index contributed by atoms with van der Waals surface area (Å²) < 4.78 is 3.21. The molecule has 3 rings (SSSR count). The molecule has 0 aromatic heterocycles. The van der Waals surface area contributed by atoms with Gasteiger partial charge in [0.15, 0.2) is 0 Å². The van der Waals surface area contributed by atoms with E-state index in [0.29, 0.717) is 12.2 Å². The highest BCUT2D eigenvalue weighted by atomic mass is 79.9. The molecule has 1 N–H and O–H groups in total. The number of halogens is 1. The summed E-state index contributed by atoms with van der Waals surface area (Å²) in [5, 5.41) is 3.34. The fourth-order valence-electron chi connectivity index (χ4n) is 2.03. The molecule has 0 fully saturated rings. The topological polar surface area (TPSA) is 55.1 Å². The first-order valence-corrected chi connectivity index (χ1v) is 6.39. The van der Waals surface area contributed by atoms with Crippen LogP contribution in [0.4, 0.5) is 5.82 Å². The Morgan fingerprint density at radius 2 is 2.47 bits per heavy atom. The Balaban J connectivity index is 2.32. The largest absolute Gasteiger partial charge is 0.369 e. The maximum Gasteiger partial charge on any atom is 0.246 e. The van der Waals surface area contributed by atoms with Gasteiger partial charge >= 0.3 is 0 Å². The van der Waals surface area contributed by atoms with Crippen LogP contribution < -0.4 is 10.9 Å². The summed E-state index contributed by atoms with van der Waals surface area (Å²) in [6.07, 6.45) is 1.83. The van der Waals surface area contributed by atoms with Gasteiger partial charge < -0.3 is 9.88 Å². The lowest BCUT2D eigenvalue weighted by Crippen LogP contribution is -2.17. The van der Waals surface area contributed by atoms with Gasteiger partial charge in [0, 0.05) is 31.4 Å². The normalized spacial score (nSPS) is 15.1. The maximum atomic E-state index is 4.50. The van der Waals surface area contributed by atoms with Gasteiger partial charge in [0.25, 0.3) is 0 Å². The summed E-state index contributed by atoms with van der Waals surface area (Å²) >= 11 is 3.56. The number of hydrogen-bond donors (Lipinski definition) is 1. The van der Waals surface area contributed by atoms with Crippen LogP contribution in [0.15, 0.2) is 21.7 Å². The van der Waals surface area contributed by atoms with Crippen molar-refractivity contribution in [3.8, 4) is 11.4 Å². The van der Waals surface area contributed by atoms with Gasteiger partial charge in [-0.25, -0.2) is 9.98 Å². The van der Waals surface area contributed by atoms with Crippen molar-refractivity contribution < 1.29 is 0 Å². The molecule has 0 unspecified atom stereocenters. The molecule has 3 aliphatic rings. The molecule has 0 saturated heterocycles. The molecule has 0 radical (unpaired) electrons. The first-order valence-electron chi connectivity index (χ1n) is 5.60. The molecule has 3 aliphatic heterocycles. The first kappa shape index (κ1) is 10.7. The number of fused-ring (bicyclic) bond motifs is 3. The molecule has 5 nitrogen and oxygen atoms in total. The first-order chi connectivity index (χ1) is 8.29. The SMILES string of the molecule is CCN=c1ncc2cc(Br)c3n(c-2n1)CCN3. The van der Waals surface area contributed by atoms with Crippen LogP contribution in [0.1, 0.15) is 6.92 Å². The number of anilines is 1. The Kier molecular flexibility index (Phi) is 2.58. The average Bonchev–Trinajstić information content (AvgIpc) is 2.80. The Labute approximate surface area is 107 Å². The van der Waals surface area contributed by atoms with Crippen LogP contribution in [0.3, 0.4) is 0 Å². The van der Waals surface area contributed by atoms with Crippen molar-refractivity contribution in [2.75, 3.05) is 18.4 Å². The summed E-state index contributed by atoms with van der Waals surface area (Å²) in [7, 11) is 0. The summed E-state index contributed by atoms with van der Waals surface area (Å²) in [6.45, 7) is 4.54. The van der Waals surface area contributed by atoms with Gasteiger partial charge in [-0.15, -0.1) is 0 Å². The molecule has 0 spiro atoms. The minimum atomic E-state index is 0.559. The van der Waals surface area contributed by atoms with E-state index in [-0.39, 0.29) is 0 Å². The van der Waals surface area contributed by atoms with E-state index in [1.165, 1.54) is 0 Å². The molecule has 3 heterocycles. The van der Waals surface area contributed by atoms with Crippen LogP contribution in [-0.2, 0) is 6.54 Å². The van der Waals surface area contributed by atoms with E-state index >= 15 is 0 Å². The molecule has 0 aromatic carbocycles. The molecular weight excluding hydrogens is 282 g/mol. The highest BCUT2D eigenvalue weighted by Crippen LogP contribution is 2.32. The summed E-state index contributed by atoms with van der Waals surface area (Å²) in [5.41, 5.74) is 1.59. The molecule has 88 valence electrons. The fraction of sp³-hybridized carbons (Fsp3) is 0.364. The molecule has 0 atom stereocenters. The number of rotatable bonds is 1. The van der Waals surface area contributed by atoms with Crippen LogP contribution >= 0.6 is 15.9 Å². The van der Waals surface area contributed by atoms with E-state index in [0.717, 1.165) is 34.8 Å². The Bertz CT molecular complexity index is 604. The van der Waals surface area contributed by atoms with Gasteiger partial charge in [-0.05, 0) is 28.9 Å². The van der Waals surface area contributed by atoms with Crippen molar-refractivity contribution >= 4 is 21.7 Å². The van der Waals surface area contributed by atoms with Crippen LogP contribution in [0.5, 0.6) is 0 Å². The van der Waals surface area contributed by atoms with Crippen molar-refractivity contribution in [3.05, 3.63) is 22.4 Å². The van der Waals surface area contributed by atoms with Crippen LogP contribution in [0.2, 0.25) is 0 Å². The third-order valence-electron chi connectivity index (χ3n) is 2.74. The van der Waals surface area contributed by atoms with Crippen LogP contribution in [0.25, 0.3) is 11.4 Å². The van der Waals surface area contributed by atoms with E-state index < -0.39 is 0 Å². The number of pyridine rings is 1. The maximum absolute atomic E-state index is 4.50. The van der Waals surface area contributed by atoms with E-state index in [1.54, 1.807) is 0 Å². The fourth-order valence-corrected chi connectivity index (χ4v) is 2.63. The van der Waals surface area contributed by atoms with Crippen molar-refractivity contribution in [3.63, 3.8) is 0 Å². The number of hydrogen-bond acceptors (Lipinski definition) is 4. The second-order valence-electron chi connectivity index (χ2n) is 3.84. The molecule has 0 saturated carbocycles. The van der Waals surface area contributed by atoms with E-state index in [4.69, 9.17) is 0 Å². The minimum Gasteiger partial charge on any atom is -0.369 e. The highest BCUT2D eigenvalue weighted by molar-refractivity contribution is 9.10. The van der Waals surface area contributed by atoms with Crippen molar-refractivity contribution in [2.45, 2.75) is 13.5 Å². The molecule has 0 aliphatic carbocycles. The monoisotopic (exact) mass is 293 g/mol. The highest BCUT2D eigenvalue weighted by Gasteiger charge is 2.19. The third kappa shape index (κ3) is 1.72. The Morgan fingerprint density at radius 3 is 3.29 bits per heavy atom. The number of aromatic nitrogens is 3.